The molecule has 0 radical (unpaired) electrons. The van der Waals surface area contributed by atoms with Gasteiger partial charge in [-0.05, 0) is 24.5 Å². The normalized spacial score (nSPS) is 13.3. The quantitative estimate of drug-likeness (QED) is 0.830. The Kier molecular flexibility index (Phi) is 2.78. The monoisotopic (exact) mass is 204 g/mol. The molecule has 0 aliphatic heterocycles. The number of para-hydroxylation sites is 1. The van der Waals surface area contributed by atoms with Gasteiger partial charge in [0.25, 0.3) is 0 Å². The van der Waals surface area contributed by atoms with Gasteiger partial charge in [-0.1, -0.05) is 32.0 Å². The van der Waals surface area contributed by atoms with Gasteiger partial charge in [0.15, 0.2) is 0 Å². The standard InChI is InChI=1S/C13H16O2/c1-3-9-6-5-7-10-8-12(11(14)4-2)15-13(9)10/h5-8,11,14H,3-4H2,1-2H3. The maximum absolute atomic E-state index is 9.70. The van der Waals surface area contributed by atoms with E-state index in [2.05, 4.69) is 13.0 Å². The van der Waals surface area contributed by atoms with Crippen molar-refractivity contribution in [2.24, 2.45) is 0 Å². The van der Waals surface area contributed by atoms with E-state index in [0.717, 1.165) is 17.4 Å². The predicted octanol–water partition coefficient (Wildman–Crippen LogP) is 3.44. The van der Waals surface area contributed by atoms with Crippen LogP contribution in [0.3, 0.4) is 0 Å². The van der Waals surface area contributed by atoms with Gasteiger partial charge in [-0.25, -0.2) is 0 Å². The predicted molar refractivity (Wildman–Crippen MR) is 60.8 cm³/mol. The number of rotatable bonds is 3. The largest absolute Gasteiger partial charge is 0.458 e. The molecule has 1 aromatic carbocycles. The molecule has 0 amide bonds. The third-order valence-corrected chi connectivity index (χ3v) is 2.74. The summed E-state index contributed by atoms with van der Waals surface area (Å²) in [6.45, 7) is 4.05. The Morgan fingerprint density at radius 1 is 1.33 bits per heavy atom. The molecule has 15 heavy (non-hydrogen) atoms. The number of hydrogen-bond acceptors (Lipinski definition) is 2. The van der Waals surface area contributed by atoms with Crippen LogP contribution in [0.25, 0.3) is 11.0 Å². The third kappa shape index (κ3) is 1.77. The minimum atomic E-state index is -0.484. The molecule has 1 unspecified atom stereocenters. The zero-order chi connectivity index (χ0) is 10.8. The average molecular weight is 204 g/mol. The van der Waals surface area contributed by atoms with E-state index in [0.29, 0.717) is 12.2 Å². The fraction of sp³-hybridized carbons (Fsp3) is 0.385. The molecule has 0 saturated carbocycles. The van der Waals surface area contributed by atoms with Gasteiger partial charge in [0.2, 0.25) is 0 Å². The fourth-order valence-corrected chi connectivity index (χ4v) is 1.79. The number of aliphatic hydroxyl groups is 1. The maximum atomic E-state index is 9.70. The summed E-state index contributed by atoms with van der Waals surface area (Å²) < 4.78 is 5.69. The first-order chi connectivity index (χ1) is 7.26. The smallest absolute Gasteiger partial charge is 0.137 e. The second kappa shape index (κ2) is 4.07. The number of benzene rings is 1. The Morgan fingerprint density at radius 2 is 2.13 bits per heavy atom. The molecule has 0 saturated heterocycles. The van der Waals surface area contributed by atoms with Crippen molar-refractivity contribution < 1.29 is 9.52 Å². The van der Waals surface area contributed by atoms with Crippen LogP contribution in [0.1, 0.15) is 37.7 Å². The summed E-state index contributed by atoms with van der Waals surface area (Å²) in [5.74, 6) is 0.674. The van der Waals surface area contributed by atoms with E-state index in [4.69, 9.17) is 4.42 Å². The summed E-state index contributed by atoms with van der Waals surface area (Å²) in [6.07, 6.45) is 1.15. The van der Waals surface area contributed by atoms with Gasteiger partial charge in [0, 0.05) is 5.39 Å². The molecule has 1 N–H and O–H groups in total. The number of furan rings is 1. The Hall–Kier alpha value is -1.28. The number of aliphatic hydroxyl groups excluding tert-OH is 1. The van der Waals surface area contributed by atoms with Gasteiger partial charge in [0.05, 0.1) is 0 Å². The third-order valence-electron chi connectivity index (χ3n) is 2.74. The fourth-order valence-electron chi connectivity index (χ4n) is 1.79. The molecule has 2 aromatic rings. The van der Waals surface area contributed by atoms with E-state index >= 15 is 0 Å². The van der Waals surface area contributed by atoms with Gasteiger partial charge in [-0.3, -0.25) is 0 Å². The zero-order valence-corrected chi connectivity index (χ0v) is 9.16. The van der Waals surface area contributed by atoms with Gasteiger partial charge < -0.3 is 9.52 Å². The molecular weight excluding hydrogens is 188 g/mol. The number of aryl methyl sites for hydroxylation is 1. The van der Waals surface area contributed by atoms with Crippen LogP contribution >= 0.6 is 0 Å². The van der Waals surface area contributed by atoms with E-state index in [-0.39, 0.29) is 0 Å². The SMILES string of the molecule is CCc1cccc2cc(C(O)CC)oc12. The molecule has 0 aliphatic rings. The van der Waals surface area contributed by atoms with E-state index in [1.54, 1.807) is 0 Å². The lowest BCUT2D eigenvalue weighted by Crippen LogP contribution is -1.91. The molecule has 0 fully saturated rings. The zero-order valence-electron chi connectivity index (χ0n) is 9.16. The molecule has 80 valence electrons. The van der Waals surface area contributed by atoms with E-state index in [9.17, 15) is 5.11 Å². The lowest BCUT2D eigenvalue weighted by molar-refractivity contribution is 0.148. The van der Waals surface area contributed by atoms with Crippen LogP contribution < -0.4 is 0 Å². The summed E-state index contributed by atoms with van der Waals surface area (Å²) in [5, 5.41) is 10.8. The van der Waals surface area contributed by atoms with Crippen molar-refractivity contribution in [1.82, 2.24) is 0 Å². The van der Waals surface area contributed by atoms with Crippen LogP contribution in [-0.2, 0) is 6.42 Å². The topological polar surface area (TPSA) is 33.4 Å². The van der Waals surface area contributed by atoms with Crippen LogP contribution in [-0.4, -0.2) is 5.11 Å². The van der Waals surface area contributed by atoms with Gasteiger partial charge in [0.1, 0.15) is 17.4 Å². The molecule has 1 heterocycles. The highest BCUT2D eigenvalue weighted by molar-refractivity contribution is 5.81. The summed E-state index contributed by atoms with van der Waals surface area (Å²) >= 11 is 0. The van der Waals surface area contributed by atoms with Crippen LogP contribution in [0, 0.1) is 0 Å². The Labute approximate surface area is 89.5 Å². The summed E-state index contributed by atoms with van der Waals surface area (Å²) in [6, 6.07) is 8.04. The molecule has 2 heteroatoms. The van der Waals surface area contributed by atoms with Crippen molar-refractivity contribution >= 4 is 11.0 Å². The van der Waals surface area contributed by atoms with Crippen molar-refractivity contribution in [2.45, 2.75) is 32.8 Å². The molecule has 2 rings (SSSR count). The van der Waals surface area contributed by atoms with Crippen LogP contribution in [0.4, 0.5) is 0 Å². The molecule has 0 bridgehead atoms. The molecule has 0 aliphatic carbocycles. The van der Waals surface area contributed by atoms with Crippen LogP contribution in [0.2, 0.25) is 0 Å². The highest BCUT2D eigenvalue weighted by Gasteiger charge is 2.12. The second-order valence-electron chi connectivity index (χ2n) is 3.76. The van der Waals surface area contributed by atoms with Crippen LogP contribution in [0.15, 0.2) is 28.7 Å². The number of fused-ring (bicyclic) bond motifs is 1. The first-order valence-electron chi connectivity index (χ1n) is 5.45. The maximum Gasteiger partial charge on any atom is 0.137 e. The van der Waals surface area contributed by atoms with Crippen molar-refractivity contribution in [3.05, 3.63) is 35.6 Å². The molecule has 2 nitrogen and oxygen atoms in total. The first-order valence-corrected chi connectivity index (χ1v) is 5.45. The van der Waals surface area contributed by atoms with Crippen molar-refractivity contribution in [2.75, 3.05) is 0 Å². The average Bonchev–Trinajstić information content (AvgIpc) is 2.71. The molecule has 1 atom stereocenters. The Morgan fingerprint density at radius 3 is 2.80 bits per heavy atom. The molecule has 0 spiro atoms. The van der Waals surface area contributed by atoms with E-state index in [1.807, 2.05) is 25.1 Å². The van der Waals surface area contributed by atoms with Gasteiger partial charge in [-0.15, -0.1) is 0 Å². The molecule has 1 aromatic heterocycles. The highest BCUT2D eigenvalue weighted by Crippen LogP contribution is 2.28. The Balaban J connectivity index is 2.55. The lowest BCUT2D eigenvalue weighted by atomic mass is 10.1. The van der Waals surface area contributed by atoms with Crippen molar-refractivity contribution in [3.8, 4) is 0 Å². The van der Waals surface area contributed by atoms with E-state index in [1.165, 1.54) is 5.56 Å². The van der Waals surface area contributed by atoms with Gasteiger partial charge in [-0.2, -0.15) is 0 Å². The van der Waals surface area contributed by atoms with Crippen molar-refractivity contribution in [1.29, 1.82) is 0 Å². The Bertz CT molecular complexity index is 457. The van der Waals surface area contributed by atoms with Crippen LogP contribution in [0.5, 0.6) is 0 Å². The molecular formula is C13H16O2. The summed E-state index contributed by atoms with van der Waals surface area (Å²) in [4.78, 5) is 0. The minimum Gasteiger partial charge on any atom is -0.458 e. The van der Waals surface area contributed by atoms with Crippen molar-refractivity contribution in [3.63, 3.8) is 0 Å². The second-order valence-corrected chi connectivity index (χ2v) is 3.76. The highest BCUT2D eigenvalue weighted by atomic mass is 16.4. The van der Waals surface area contributed by atoms with E-state index < -0.39 is 6.10 Å². The summed E-state index contributed by atoms with van der Waals surface area (Å²) in [7, 11) is 0. The lowest BCUT2D eigenvalue weighted by Gasteiger charge is -2.01. The van der Waals surface area contributed by atoms with Gasteiger partial charge >= 0.3 is 0 Å². The minimum absolute atomic E-state index is 0.484. The summed E-state index contributed by atoms with van der Waals surface area (Å²) in [5.41, 5.74) is 2.12. The number of hydrogen-bond donors (Lipinski definition) is 1. The first kappa shape index (κ1) is 10.2.